The highest BCUT2D eigenvalue weighted by atomic mass is 35.5. The number of aromatic nitrogens is 6. The Hall–Kier alpha value is -3.47. The first-order chi connectivity index (χ1) is 19.4. The fourth-order valence-corrected chi connectivity index (χ4v) is 5.75. The number of halogens is 1. The second-order valence-corrected chi connectivity index (χ2v) is 10.6. The fourth-order valence-electron chi connectivity index (χ4n) is 5.62. The maximum absolute atomic E-state index is 14.0. The van der Waals surface area contributed by atoms with Crippen molar-refractivity contribution in [1.29, 1.82) is 0 Å². The fraction of sp³-hybridized carbons (Fsp3) is 0.448. The predicted molar refractivity (Wildman–Crippen MR) is 155 cm³/mol. The number of carbonyl (C=O) groups excluding carboxylic acids is 1. The minimum absolute atomic E-state index is 0.0151. The zero-order valence-electron chi connectivity index (χ0n) is 22.9. The molecule has 0 amide bonds. The number of hydrogen-bond acceptors (Lipinski definition) is 8. The summed E-state index contributed by atoms with van der Waals surface area (Å²) in [6.07, 6.45) is 7.16. The molecule has 0 spiro atoms. The Kier molecular flexibility index (Phi) is 8.68. The molecule has 40 heavy (non-hydrogen) atoms. The third-order valence-corrected chi connectivity index (χ3v) is 7.92. The number of hydrogen-bond donors (Lipinski definition) is 2. The largest absolute Gasteiger partial charge is 0.330 e. The van der Waals surface area contributed by atoms with Gasteiger partial charge in [0.25, 0.3) is 5.56 Å². The van der Waals surface area contributed by atoms with Crippen molar-refractivity contribution < 1.29 is 4.79 Å². The van der Waals surface area contributed by atoms with E-state index in [0.29, 0.717) is 31.2 Å². The summed E-state index contributed by atoms with van der Waals surface area (Å²) in [5.41, 5.74) is 7.55. The number of fused-ring (bicyclic) bond motifs is 1. The summed E-state index contributed by atoms with van der Waals surface area (Å²) in [5.74, 6) is 0.863. The lowest BCUT2D eigenvalue weighted by atomic mass is 9.92. The third-order valence-electron chi connectivity index (χ3n) is 7.73. The summed E-state index contributed by atoms with van der Waals surface area (Å²) < 4.78 is 3.62. The van der Waals surface area contributed by atoms with E-state index in [-0.39, 0.29) is 39.6 Å². The van der Waals surface area contributed by atoms with Gasteiger partial charge < -0.3 is 15.6 Å². The topological polar surface area (TPSA) is 134 Å². The van der Waals surface area contributed by atoms with E-state index in [1.54, 1.807) is 4.57 Å². The Labute approximate surface area is 238 Å². The second-order valence-electron chi connectivity index (χ2n) is 10.3. The Morgan fingerprint density at radius 3 is 2.62 bits per heavy atom. The molecule has 0 aliphatic carbocycles. The summed E-state index contributed by atoms with van der Waals surface area (Å²) in [4.78, 5) is 45.9. The first-order valence-electron chi connectivity index (χ1n) is 14.0. The van der Waals surface area contributed by atoms with Crippen molar-refractivity contribution in [2.24, 2.45) is 11.7 Å². The normalized spacial score (nSPS) is 16.2. The minimum Gasteiger partial charge on any atom is -0.330 e. The molecule has 1 aromatic carbocycles. The van der Waals surface area contributed by atoms with Crippen LogP contribution in [-0.2, 0) is 13.0 Å². The molecular formula is C29H35ClN8O2. The number of benzene rings is 1. The van der Waals surface area contributed by atoms with Crippen LogP contribution in [0.2, 0.25) is 5.28 Å². The van der Waals surface area contributed by atoms with Gasteiger partial charge in [-0.25, -0.2) is 15.0 Å². The van der Waals surface area contributed by atoms with Crippen LogP contribution >= 0.6 is 11.6 Å². The molecule has 0 saturated carbocycles. The smallest absolute Gasteiger partial charge is 0.264 e. The van der Waals surface area contributed by atoms with Crippen LogP contribution < -0.4 is 16.6 Å². The monoisotopic (exact) mass is 562 g/mol. The zero-order chi connectivity index (χ0) is 28.2. The average molecular weight is 563 g/mol. The number of nitrogens with zero attached hydrogens (tertiary/aromatic N) is 6. The number of nitrogens with one attached hydrogen (secondary N) is 1. The van der Waals surface area contributed by atoms with Gasteiger partial charge in [-0.05, 0) is 49.0 Å². The Bertz CT molecular complexity index is 1540. The van der Waals surface area contributed by atoms with E-state index >= 15 is 0 Å². The van der Waals surface area contributed by atoms with Crippen molar-refractivity contribution in [3.05, 3.63) is 81.3 Å². The number of carbonyl (C=O) groups is 1. The van der Waals surface area contributed by atoms with Crippen molar-refractivity contribution in [2.45, 2.75) is 64.6 Å². The van der Waals surface area contributed by atoms with Gasteiger partial charge in [-0.1, -0.05) is 57.0 Å². The zero-order valence-corrected chi connectivity index (χ0v) is 23.6. The van der Waals surface area contributed by atoms with Crippen LogP contribution in [0, 0.1) is 5.92 Å². The van der Waals surface area contributed by atoms with E-state index in [9.17, 15) is 9.59 Å². The molecule has 11 heteroatoms. The van der Waals surface area contributed by atoms with Crippen LogP contribution in [0.15, 0.2) is 47.5 Å². The molecular weight excluding hydrogens is 528 g/mol. The van der Waals surface area contributed by atoms with Crippen LogP contribution in [0.1, 0.15) is 73.3 Å². The molecule has 0 radical (unpaired) electrons. The highest BCUT2D eigenvalue weighted by Gasteiger charge is 2.34. The Morgan fingerprint density at radius 1 is 1.18 bits per heavy atom. The number of imidazole rings is 1. The van der Waals surface area contributed by atoms with Crippen molar-refractivity contribution in [3.63, 3.8) is 0 Å². The van der Waals surface area contributed by atoms with Gasteiger partial charge in [0.05, 0.1) is 24.3 Å². The molecule has 1 aliphatic heterocycles. The molecule has 4 heterocycles. The lowest BCUT2D eigenvalue weighted by Gasteiger charge is -2.30. The quantitative estimate of drug-likeness (QED) is 0.209. The van der Waals surface area contributed by atoms with E-state index in [2.05, 4.69) is 29.1 Å². The molecule has 1 aliphatic rings. The maximum Gasteiger partial charge on any atom is 0.264 e. The van der Waals surface area contributed by atoms with Crippen LogP contribution in [0.4, 0.5) is 0 Å². The number of Topliss-reactive ketones (excluding diaryl/α,β-unsaturated/α-hetero) is 1. The second kappa shape index (κ2) is 12.4. The Morgan fingerprint density at radius 2 is 1.95 bits per heavy atom. The molecule has 1 fully saturated rings. The number of rotatable bonds is 11. The summed E-state index contributed by atoms with van der Waals surface area (Å²) in [7, 11) is 0. The standard InChI is InChI=1S/C29H35ClN8O2/c1-3-19(4-2)23(37-17-20(12-13-31)34-27(37)24(39)22-11-8-14-32-22)26-35-25-21(15-33-29(30)36-25)28(40)38(26)16-18-9-6-5-7-10-18/h5-7,9-10,15,17,19,22-23,32H,3-4,8,11-14,16,31H2,1-2H3/t22-,23?/m1/s1. The Balaban J connectivity index is 1.77. The first kappa shape index (κ1) is 28.1. The van der Waals surface area contributed by atoms with Crippen LogP contribution in [-0.4, -0.2) is 54.0 Å². The van der Waals surface area contributed by atoms with Crippen molar-refractivity contribution >= 4 is 28.4 Å². The van der Waals surface area contributed by atoms with Crippen LogP contribution in [0.3, 0.4) is 0 Å². The van der Waals surface area contributed by atoms with Gasteiger partial charge in [0.2, 0.25) is 11.1 Å². The van der Waals surface area contributed by atoms with E-state index in [4.69, 9.17) is 27.3 Å². The lowest BCUT2D eigenvalue weighted by molar-refractivity contribution is 0.0933. The van der Waals surface area contributed by atoms with Crippen LogP contribution in [0.5, 0.6) is 0 Å². The van der Waals surface area contributed by atoms with Gasteiger partial charge in [0, 0.05) is 18.8 Å². The average Bonchev–Trinajstić information content (AvgIpc) is 3.64. The molecule has 5 rings (SSSR count). The predicted octanol–water partition coefficient (Wildman–Crippen LogP) is 3.55. The molecule has 10 nitrogen and oxygen atoms in total. The highest BCUT2D eigenvalue weighted by Crippen LogP contribution is 2.33. The van der Waals surface area contributed by atoms with E-state index in [1.807, 2.05) is 41.1 Å². The summed E-state index contributed by atoms with van der Waals surface area (Å²) in [6.45, 7) is 5.72. The summed E-state index contributed by atoms with van der Waals surface area (Å²) in [6, 6.07) is 9.02. The van der Waals surface area contributed by atoms with Gasteiger partial charge >= 0.3 is 0 Å². The van der Waals surface area contributed by atoms with E-state index in [0.717, 1.165) is 43.5 Å². The van der Waals surface area contributed by atoms with Gasteiger partial charge in [-0.2, -0.15) is 4.98 Å². The molecule has 3 N–H and O–H groups in total. The van der Waals surface area contributed by atoms with Crippen LogP contribution in [0.25, 0.3) is 11.0 Å². The minimum atomic E-state index is -0.455. The number of ketones is 1. The molecule has 3 aromatic heterocycles. The highest BCUT2D eigenvalue weighted by molar-refractivity contribution is 6.28. The molecule has 0 bridgehead atoms. The molecule has 210 valence electrons. The van der Waals surface area contributed by atoms with Gasteiger partial charge in [-0.3, -0.25) is 14.2 Å². The van der Waals surface area contributed by atoms with E-state index < -0.39 is 6.04 Å². The maximum atomic E-state index is 14.0. The molecule has 2 atom stereocenters. The third kappa shape index (κ3) is 5.56. The van der Waals surface area contributed by atoms with Crippen molar-refractivity contribution in [3.8, 4) is 0 Å². The first-order valence-corrected chi connectivity index (χ1v) is 14.3. The number of nitrogens with two attached hydrogens (primary N) is 1. The lowest BCUT2D eigenvalue weighted by Crippen LogP contribution is -2.36. The van der Waals surface area contributed by atoms with Gasteiger partial charge in [0.1, 0.15) is 11.2 Å². The summed E-state index contributed by atoms with van der Waals surface area (Å²) in [5, 5.41) is 3.61. The van der Waals surface area contributed by atoms with Crippen molar-refractivity contribution in [2.75, 3.05) is 13.1 Å². The van der Waals surface area contributed by atoms with Gasteiger partial charge in [-0.15, -0.1) is 0 Å². The summed E-state index contributed by atoms with van der Waals surface area (Å²) >= 11 is 6.13. The van der Waals surface area contributed by atoms with E-state index in [1.165, 1.54) is 6.20 Å². The van der Waals surface area contributed by atoms with Gasteiger partial charge in [0.15, 0.2) is 11.5 Å². The molecule has 1 unspecified atom stereocenters. The van der Waals surface area contributed by atoms with Crippen molar-refractivity contribution in [1.82, 2.24) is 34.4 Å². The molecule has 4 aromatic rings. The molecule has 1 saturated heterocycles. The SMILES string of the molecule is CCC(CC)C(c1nc2nc(Cl)ncc2c(=O)n1Cc1ccccc1)n1cc(CCN)nc1C(=O)[C@H]1CCCN1.